The van der Waals surface area contributed by atoms with Crippen molar-refractivity contribution in [1.82, 2.24) is 5.32 Å². The minimum Gasteiger partial charge on any atom is -0.492 e. The molecule has 1 fully saturated rings. The number of nitrogens with one attached hydrogen (secondary N) is 1. The number of halogens is 3. The van der Waals surface area contributed by atoms with Crippen molar-refractivity contribution >= 4 is 46.4 Å². The molecule has 0 aromatic heterocycles. The molecule has 3 aromatic carbocycles. The van der Waals surface area contributed by atoms with Crippen molar-refractivity contribution in [3.05, 3.63) is 98.0 Å². The van der Waals surface area contributed by atoms with E-state index in [1.165, 1.54) is 23.1 Å². The Bertz CT molecular complexity index is 1280. The molecule has 5 rings (SSSR count). The Hall–Kier alpha value is -2.53. The summed E-state index contributed by atoms with van der Waals surface area (Å²) >= 11 is 18.2. The van der Waals surface area contributed by atoms with Crippen LogP contribution in [0.25, 0.3) is 0 Å². The first-order valence-corrected chi connectivity index (χ1v) is 12.9. The second kappa shape index (κ2) is 10.2. The number of fused-ring (bicyclic) bond motifs is 1. The number of aliphatic imine (C=N–C) groups is 1. The van der Waals surface area contributed by atoms with Crippen molar-refractivity contribution in [3.8, 4) is 5.75 Å². The highest BCUT2D eigenvalue weighted by Crippen LogP contribution is 2.48. The molecule has 1 heterocycles. The zero-order valence-corrected chi connectivity index (χ0v) is 21.4. The Balaban J connectivity index is 1.28. The molecule has 7 heteroatoms. The first-order chi connectivity index (χ1) is 17.0. The van der Waals surface area contributed by atoms with Crippen LogP contribution in [0.1, 0.15) is 46.3 Å². The molecule has 0 atom stereocenters. The highest BCUT2D eigenvalue weighted by Gasteiger charge is 2.45. The Morgan fingerprint density at radius 1 is 0.971 bits per heavy atom. The predicted octanol–water partition coefficient (Wildman–Crippen LogP) is 6.92. The van der Waals surface area contributed by atoms with Crippen LogP contribution < -0.4 is 10.1 Å². The average molecular weight is 528 g/mol. The number of ether oxygens (including phenoxy) is 1. The number of rotatable bonds is 7. The van der Waals surface area contributed by atoms with E-state index in [-0.39, 0.29) is 11.3 Å². The summed E-state index contributed by atoms with van der Waals surface area (Å²) in [5.74, 6) is 0.507. The third-order valence-corrected chi connectivity index (χ3v) is 7.68. The average Bonchev–Trinajstić information content (AvgIpc) is 2.82. The molecule has 4 nitrogen and oxygen atoms in total. The maximum absolute atomic E-state index is 12.4. The molecule has 0 radical (unpaired) electrons. The topological polar surface area (TPSA) is 50.7 Å². The number of benzene rings is 3. The Morgan fingerprint density at radius 2 is 1.74 bits per heavy atom. The van der Waals surface area contributed by atoms with Gasteiger partial charge in [-0.2, -0.15) is 0 Å². The minimum absolute atomic E-state index is 0.0653. The van der Waals surface area contributed by atoms with E-state index < -0.39 is 0 Å². The molecule has 0 spiro atoms. The van der Waals surface area contributed by atoms with Crippen LogP contribution in [0.15, 0.2) is 65.7 Å². The number of hydrogen-bond donors (Lipinski definition) is 1. The van der Waals surface area contributed by atoms with E-state index >= 15 is 0 Å². The Kier molecular flexibility index (Phi) is 7.06. The molecule has 0 bridgehead atoms. The molecule has 1 saturated carbocycles. The monoisotopic (exact) mass is 526 g/mol. The third kappa shape index (κ3) is 4.93. The summed E-state index contributed by atoms with van der Waals surface area (Å²) in [6.45, 7) is 1.49. The Morgan fingerprint density at radius 3 is 2.46 bits per heavy atom. The largest absolute Gasteiger partial charge is 0.492 e. The van der Waals surface area contributed by atoms with Gasteiger partial charge in [-0.05, 0) is 72.9 Å². The van der Waals surface area contributed by atoms with Crippen LogP contribution in [-0.4, -0.2) is 31.3 Å². The predicted molar refractivity (Wildman–Crippen MR) is 143 cm³/mol. The summed E-state index contributed by atoms with van der Waals surface area (Å²) < 4.78 is 6.00. The van der Waals surface area contributed by atoms with Gasteiger partial charge in [0.1, 0.15) is 12.4 Å². The van der Waals surface area contributed by atoms with Crippen LogP contribution in [0.4, 0.5) is 0 Å². The summed E-state index contributed by atoms with van der Waals surface area (Å²) in [6, 6.07) is 19.2. The zero-order valence-electron chi connectivity index (χ0n) is 19.1. The van der Waals surface area contributed by atoms with Crippen molar-refractivity contribution < 1.29 is 9.53 Å². The first-order valence-electron chi connectivity index (χ1n) is 11.8. The molecule has 1 aliphatic heterocycles. The van der Waals surface area contributed by atoms with Gasteiger partial charge in [-0.3, -0.25) is 9.79 Å². The molecule has 1 amide bonds. The van der Waals surface area contributed by atoms with E-state index in [2.05, 4.69) is 29.6 Å². The lowest BCUT2D eigenvalue weighted by molar-refractivity contribution is 0.0947. The fourth-order valence-corrected chi connectivity index (χ4v) is 5.55. The molecule has 0 unspecified atom stereocenters. The molecule has 35 heavy (non-hydrogen) atoms. The van der Waals surface area contributed by atoms with Gasteiger partial charge >= 0.3 is 0 Å². The molecule has 0 saturated heterocycles. The lowest BCUT2D eigenvalue weighted by atomic mass is 9.59. The second-order valence-corrected chi connectivity index (χ2v) is 10.3. The fourth-order valence-electron chi connectivity index (χ4n) is 4.93. The highest BCUT2D eigenvalue weighted by molar-refractivity contribution is 6.36. The molecule has 2 aliphatic rings. The quantitative estimate of drug-likeness (QED) is 0.339. The standard InChI is InChI=1S/C28H25Cl3N2O2/c29-20-5-3-19(4-6-20)28(11-1-12-28)26-24-17-22(8-2-18(24)10-13-32-26)35-15-14-33-27(34)23-9-7-21(30)16-25(23)31/h2-9,16-17H,1,10-15H2,(H,33,34). The van der Waals surface area contributed by atoms with Crippen LogP contribution in [0, 0.1) is 0 Å². The number of carbonyl (C=O) groups is 1. The summed E-state index contributed by atoms with van der Waals surface area (Å²) in [5.41, 5.74) is 5.22. The SMILES string of the molecule is O=C(NCCOc1ccc2c(c1)C(C1(c3ccc(Cl)cc3)CCC1)=NCC2)c1ccc(Cl)cc1Cl. The zero-order chi connectivity index (χ0) is 24.4. The van der Waals surface area contributed by atoms with Gasteiger partial charge in [0.25, 0.3) is 5.91 Å². The van der Waals surface area contributed by atoms with Gasteiger partial charge in [0.05, 0.1) is 22.8 Å². The molecule has 3 aromatic rings. The van der Waals surface area contributed by atoms with E-state index in [1.54, 1.807) is 18.2 Å². The minimum atomic E-state index is -0.259. The lowest BCUT2D eigenvalue weighted by Gasteiger charge is -2.45. The highest BCUT2D eigenvalue weighted by atomic mass is 35.5. The molecule has 1 N–H and O–H groups in total. The van der Waals surface area contributed by atoms with E-state index in [1.807, 2.05) is 18.2 Å². The van der Waals surface area contributed by atoms with E-state index in [0.29, 0.717) is 28.8 Å². The van der Waals surface area contributed by atoms with Gasteiger partial charge < -0.3 is 10.1 Å². The second-order valence-electron chi connectivity index (χ2n) is 8.97. The van der Waals surface area contributed by atoms with Gasteiger partial charge in [-0.1, -0.05) is 59.4 Å². The van der Waals surface area contributed by atoms with Gasteiger partial charge in [-0.15, -0.1) is 0 Å². The van der Waals surface area contributed by atoms with Gasteiger partial charge in [-0.25, -0.2) is 0 Å². The smallest absolute Gasteiger partial charge is 0.252 e. The van der Waals surface area contributed by atoms with Crippen LogP contribution in [0.3, 0.4) is 0 Å². The van der Waals surface area contributed by atoms with Gasteiger partial charge in [0.15, 0.2) is 0 Å². The van der Waals surface area contributed by atoms with E-state index in [0.717, 1.165) is 42.3 Å². The summed E-state index contributed by atoms with van der Waals surface area (Å²) in [6.07, 6.45) is 4.27. The summed E-state index contributed by atoms with van der Waals surface area (Å²) in [7, 11) is 0. The summed E-state index contributed by atoms with van der Waals surface area (Å²) in [5, 5.41) is 4.40. The van der Waals surface area contributed by atoms with Crippen molar-refractivity contribution in [3.63, 3.8) is 0 Å². The van der Waals surface area contributed by atoms with Crippen LogP contribution in [0.5, 0.6) is 5.75 Å². The van der Waals surface area contributed by atoms with Crippen LogP contribution in [-0.2, 0) is 11.8 Å². The summed E-state index contributed by atoms with van der Waals surface area (Å²) in [4.78, 5) is 17.4. The Labute approximate surface area is 220 Å². The molecular formula is C28H25Cl3N2O2. The molecule has 1 aliphatic carbocycles. The number of hydrogen-bond acceptors (Lipinski definition) is 3. The number of amides is 1. The van der Waals surface area contributed by atoms with E-state index in [4.69, 9.17) is 44.5 Å². The normalized spacial score (nSPS) is 16.0. The van der Waals surface area contributed by atoms with Crippen molar-refractivity contribution in [2.45, 2.75) is 31.1 Å². The first kappa shape index (κ1) is 24.2. The van der Waals surface area contributed by atoms with Gasteiger partial charge in [0.2, 0.25) is 0 Å². The number of nitrogens with zero attached hydrogens (tertiary/aromatic N) is 1. The van der Waals surface area contributed by atoms with Crippen LogP contribution >= 0.6 is 34.8 Å². The van der Waals surface area contributed by atoms with Gasteiger partial charge in [0, 0.05) is 27.6 Å². The van der Waals surface area contributed by atoms with E-state index in [9.17, 15) is 4.79 Å². The maximum atomic E-state index is 12.4. The molecular weight excluding hydrogens is 503 g/mol. The van der Waals surface area contributed by atoms with Crippen molar-refractivity contribution in [2.24, 2.45) is 4.99 Å². The van der Waals surface area contributed by atoms with Crippen LogP contribution in [0.2, 0.25) is 15.1 Å². The van der Waals surface area contributed by atoms with Crippen molar-refractivity contribution in [1.29, 1.82) is 0 Å². The van der Waals surface area contributed by atoms with Crippen molar-refractivity contribution in [2.75, 3.05) is 19.7 Å². The maximum Gasteiger partial charge on any atom is 0.252 e. The lowest BCUT2D eigenvalue weighted by Crippen LogP contribution is -2.44. The third-order valence-electron chi connectivity index (χ3n) is 6.88. The fraction of sp³-hybridized carbons (Fsp3) is 0.286. The number of carbonyl (C=O) groups excluding carboxylic acids is 1. The molecule has 180 valence electrons.